The van der Waals surface area contributed by atoms with E-state index < -0.39 is 24.5 Å². The summed E-state index contributed by atoms with van der Waals surface area (Å²) >= 11 is 0. The molecule has 0 aliphatic carbocycles. The summed E-state index contributed by atoms with van der Waals surface area (Å²) in [5.74, 6) is -2.05. The van der Waals surface area contributed by atoms with Crippen molar-refractivity contribution in [3.05, 3.63) is 41.1 Å². The number of rotatable bonds is 4. The third-order valence-electron chi connectivity index (χ3n) is 2.79. The van der Waals surface area contributed by atoms with E-state index in [0.29, 0.717) is 16.0 Å². The summed E-state index contributed by atoms with van der Waals surface area (Å²) < 4.78 is 0. The van der Waals surface area contributed by atoms with Crippen molar-refractivity contribution in [2.75, 3.05) is 6.54 Å². The Bertz CT molecular complexity index is 663. The maximum atomic E-state index is 11.9. The molecule has 1 aliphatic heterocycles. The van der Waals surface area contributed by atoms with Crippen LogP contribution in [0.25, 0.3) is 6.08 Å². The quantitative estimate of drug-likeness (QED) is 0.266. The van der Waals surface area contributed by atoms with Crippen LogP contribution in [0.2, 0.25) is 0 Å². The molecule has 1 aromatic carbocycles. The van der Waals surface area contributed by atoms with Crippen LogP contribution in [0.15, 0.2) is 30.0 Å². The van der Waals surface area contributed by atoms with E-state index in [1.807, 2.05) is 0 Å². The second-order valence-corrected chi connectivity index (χ2v) is 4.31. The van der Waals surface area contributed by atoms with Crippen molar-refractivity contribution >= 4 is 29.8 Å². The van der Waals surface area contributed by atoms with Crippen molar-refractivity contribution in [3.8, 4) is 0 Å². The minimum Gasteiger partial charge on any atom is -0.480 e. The smallest absolute Gasteiger partial charge is 0.329 e. The Morgan fingerprint density at radius 2 is 1.95 bits per heavy atom. The number of hydrogen-bond acceptors (Lipinski definition) is 4. The molecular weight excluding hydrogens is 276 g/mol. The van der Waals surface area contributed by atoms with Crippen LogP contribution < -0.4 is 11.1 Å². The van der Waals surface area contributed by atoms with Crippen LogP contribution in [-0.2, 0) is 9.59 Å². The highest BCUT2D eigenvalue weighted by molar-refractivity contribution is 6.15. The predicted octanol–water partition coefficient (Wildman–Crippen LogP) is -0.0520. The lowest BCUT2D eigenvalue weighted by atomic mass is 10.1. The number of aliphatic carboxylic acids is 1. The summed E-state index contributed by atoms with van der Waals surface area (Å²) in [4.78, 5) is 34.6. The molecule has 0 atom stereocenters. The molecule has 1 aliphatic rings. The molecular formula is C13H12N4O4. The lowest BCUT2D eigenvalue weighted by Crippen LogP contribution is -2.35. The number of amides is 3. The van der Waals surface area contributed by atoms with Gasteiger partial charge in [0.1, 0.15) is 18.1 Å². The number of urea groups is 1. The first-order valence-electron chi connectivity index (χ1n) is 5.89. The van der Waals surface area contributed by atoms with Gasteiger partial charge in [0.15, 0.2) is 0 Å². The molecule has 0 unspecified atom stereocenters. The minimum absolute atomic E-state index is 0.00294. The van der Waals surface area contributed by atoms with Gasteiger partial charge in [0, 0.05) is 5.56 Å². The summed E-state index contributed by atoms with van der Waals surface area (Å²) in [6.45, 7) is -0.689. The maximum Gasteiger partial charge on any atom is 0.329 e. The number of nitrogen functional groups attached to an aromatic ring is 1. The third-order valence-corrected chi connectivity index (χ3v) is 2.79. The number of nitrogens with zero attached hydrogens (tertiary/aromatic N) is 1. The molecule has 8 heteroatoms. The van der Waals surface area contributed by atoms with Gasteiger partial charge in [-0.1, -0.05) is 24.3 Å². The van der Waals surface area contributed by atoms with E-state index in [9.17, 15) is 14.4 Å². The Morgan fingerprint density at radius 3 is 2.48 bits per heavy atom. The first-order valence-corrected chi connectivity index (χ1v) is 5.89. The second kappa shape index (κ2) is 5.45. The van der Waals surface area contributed by atoms with Crippen LogP contribution in [0.3, 0.4) is 0 Å². The second-order valence-electron chi connectivity index (χ2n) is 4.31. The molecule has 5 N–H and O–H groups in total. The highest BCUT2D eigenvalue weighted by atomic mass is 16.4. The third kappa shape index (κ3) is 3.06. The number of imide groups is 1. The predicted molar refractivity (Wildman–Crippen MR) is 73.3 cm³/mol. The van der Waals surface area contributed by atoms with E-state index in [0.717, 1.165) is 0 Å². The maximum absolute atomic E-state index is 11.9. The number of benzene rings is 1. The van der Waals surface area contributed by atoms with Gasteiger partial charge < -0.3 is 16.2 Å². The van der Waals surface area contributed by atoms with E-state index in [1.165, 1.54) is 6.08 Å². The molecule has 3 amide bonds. The van der Waals surface area contributed by atoms with Gasteiger partial charge in [-0.25, -0.2) is 9.69 Å². The summed E-state index contributed by atoms with van der Waals surface area (Å²) in [5.41, 5.74) is 6.47. The van der Waals surface area contributed by atoms with Gasteiger partial charge in [-0.3, -0.25) is 15.0 Å². The Hall–Kier alpha value is -3.16. The van der Waals surface area contributed by atoms with E-state index in [4.69, 9.17) is 16.2 Å². The SMILES string of the molecule is N=C(N)c1ccc(/C=C2\NC(=O)N(CC(=O)O)C2=O)cc1. The summed E-state index contributed by atoms with van der Waals surface area (Å²) in [7, 11) is 0. The number of carboxylic acids is 1. The fourth-order valence-electron chi connectivity index (χ4n) is 1.78. The average molecular weight is 288 g/mol. The number of hydrogen-bond donors (Lipinski definition) is 4. The fraction of sp³-hybridized carbons (Fsp3) is 0.0769. The van der Waals surface area contributed by atoms with Crippen LogP contribution >= 0.6 is 0 Å². The van der Waals surface area contributed by atoms with Crippen LogP contribution in [-0.4, -0.2) is 40.3 Å². The Kier molecular flexibility index (Phi) is 3.70. The number of nitrogens with one attached hydrogen (secondary N) is 2. The van der Waals surface area contributed by atoms with Crippen molar-refractivity contribution in [3.63, 3.8) is 0 Å². The van der Waals surface area contributed by atoms with Crippen molar-refractivity contribution in [2.45, 2.75) is 0 Å². The first-order chi connectivity index (χ1) is 9.88. The standard InChI is InChI=1S/C13H12N4O4/c14-11(15)8-3-1-7(2-4-8)5-9-12(20)17(6-10(18)19)13(21)16-9/h1-5H,6H2,(H3,14,15)(H,16,21)(H,18,19)/b9-5-. The van der Waals surface area contributed by atoms with Gasteiger partial charge in [-0.2, -0.15) is 0 Å². The van der Waals surface area contributed by atoms with Crippen LogP contribution in [0, 0.1) is 5.41 Å². The molecule has 1 saturated heterocycles. The number of amidine groups is 1. The number of nitrogens with two attached hydrogens (primary N) is 1. The monoisotopic (exact) mass is 288 g/mol. The lowest BCUT2D eigenvalue weighted by Gasteiger charge is -2.06. The summed E-state index contributed by atoms with van der Waals surface area (Å²) in [6, 6.07) is 5.69. The Balaban J connectivity index is 2.22. The first kappa shape index (κ1) is 14.3. The summed E-state index contributed by atoms with van der Waals surface area (Å²) in [5, 5.41) is 18.2. The van der Waals surface area contributed by atoms with Crippen LogP contribution in [0.5, 0.6) is 0 Å². The molecule has 108 valence electrons. The van der Waals surface area contributed by atoms with E-state index in [2.05, 4.69) is 5.32 Å². The van der Waals surface area contributed by atoms with Crippen molar-refractivity contribution in [1.82, 2.24) is 10.2 Å². The van der Waals surface area contributed by atoms with Gasteiger partial charge >= 0.3 is 12.0 Å². The van der Waals surface area contributed by atoms with E-state index >= 15 is 0 Å². The zero-order chi connectivity index (χ0) is 15.6. The molecule has 1 heterocycles. The zero-order valence-electron chi connectivity index (χ0n) is 10.8. The fourth-order valence-corrected chi connectivity index (χ4v) is 1.78. The van der Waals surface area contributed by atoms with E-state index in [-0.39, 0.29) is 11.5 Å². The van der Waals surface area contributed by atoms with E-state index in [1.54, 1.807) is 24.3 Å². The normalized spacial score (nSPS) is 16.2. The van der Waals surface area contributed by atoms with Crippen molar-refractivity contribution < 1.29 is 19.5 Å². The molecule has 0 bridgehead atoms. The Labute approximate surface area is 119 Å². The largest absolute Gasteiger partial charge is 0.480 e. The molecule has 8 nitrogen and oxygen atoms in total. The number of carbonyl (C=O) groups excluding carboxylic acids is 2. The molecule has 0 radical (unpaired) electrons. The minimum atomic E-state index is -1.27. The number of carbonyl (C=O) groups is 3. The molecule has 2 rings (SSSR count). The molecule has 0 spiro atoms. The van der Waals surface area contributed by atoms with Crippen LogP contribution in [0.4, 0.5) is 4.79 Å². The van der Waals surface area contributed by atoms with Gasteiger partial charge in [0.2, 0.25) is 0 Å². The topological polar surface area (TPSA) is 137 Å². The highest BCUT2D eigenvalue weighted by Gasteiger charge is 2.34. The molecule has 21 heavy (non-hydrogen) atoms. The molecule has 1 fully saturated rings. The molecule has 0 aromatic heterocycles. The van der Waals surface area contributed by atoms with Gasteiger partial charge in [-0.05, 0) is 11.6 Å². The van der Waals surface area contributed by atoms with Crippen LogP contribution in [0.1, 0.15) is 11.1 Å². The molecule has 1 aromatic rings. The van der Waals surface area contributed by atoms with Gasteiger partial charge in [0.25, 0.3) is 5.91 Å². The summed E-state index contributed by atoms with van der Waals surface area (Å²) in [6.07, 6.45) is 1.42. The zero-order valence-corrected chi connectivity index (χ0v) is 10.8. The van der Waals surface area contributed by atoms with Crippen molar-refractivity contribution in [1.29, 1.82) is 5.41 Å². The number of carboxylic acid groups (broad SMARTS) is 1. The highest BCUT2D eigenvalue weighted by Crippen LogP contribution is 2.14. The Morgan fingerprint density at radius 1 is 1.33 bits per heavy atom. The van der Waals surface area contributed by atoms with Crippen molar-refractivity contribution in [2.24, 2.45) is 5.73 Å². The average Bonchev–Trinajstić information content (AvgIpc) is 2.67. The van der Waals surface area contributed by atoms with Gasteiger partial charge in [0.05, 0.1) is 0 Å². The lowest BCUT2D eigenvalue weighted by molar-refractivity contribution is -0.140. The van der Waals surface area contributed by atoms with Gasteiger partial charge in [-0.15, -0.1) is 0 Å². The molecule has 0 saturated carbocycles.